The molecule has 138 valence electrons. The average molecular weight is 383 g/mol. The smallest absolute Gasteiger partial charge is 0.274 e. The van der Waals surface area contributed by atoms with Crippen LogP contribution < -0.4 is 15.0 Å². The lowest BCUT2D eigenvalue weighted by atomic mass is 10.2. The van der Waals surface area contributed by atoms with Crippen molar-refractivity contribution in [1.29, 1.82) is 0 Å². The van der Waals surface area contributed by atoms with Gasteiger partial charge in [0, 0.05) is 25.5 Å². The summed E-state index contributed by atoms with van der Waals surface area (Å²) in [6, 6.07) is 16.6. The third-order valence-electron chi connectivity index (χ3n) is 3.89. The maximum absolute atomic E-state index is 12.5. The summed E-state index contributed by atoms with van der Waals surface area (Å²) >= 11 is 6.09. The Balaban J connectivity index is 1.72. The normalized spacial score (nSPS) is 10.3. The summed E-state index contributed by atoms with van der Waals surface area (Å²) in [6.07, 6.45) is 1.57. The van der Waals surface area contributed by atoms with Crippen LogP contribution in [0.2, 0.25) is 5.02 Å². The molecule has 3 rings (SSSR count). The van der Waals surface area contributed by atoms with E-state index in [0.29, 0.717) is 29.0 Å². The van der Waals surface area contributed by atoms with Crippen LogP contribution in [0.1, 0.15) is 16.1 Å². The van der Waals surface area contributed by atoms with Crippen molar-refractivity contribution in [3.05, 3.63) is 77.1 Å². The largest absolute Gasteiger partial charge is 0.495 e. The number of nitrogens with one attached hydrogen (secondary N) is 1. The number of nitrogens with zero attached hydrogens (tertiary/aromatic N) is 3. The van der Waals surface area contributed by atoms with Gasteiger partial charge in [0.2, 0.25) is 5.95 Å². The number of hydrogen-bond acceptors (Lipinski definition) is 5. The summed E-state index contributed by atoms with van der Waals surface area (Å²) in [5.74, 6) is 0.675. The Morgan fingerprint density at radius 2 is 1.96 bits per heavy atom. The number of methoxy groups -OCH3 is 1. The Morgan fingerprint density at radius 1 is 1.19 bits per heavy atom. The summed E-state index contributed by atoms with van der Waals surface area (Å²) in [7, 11) is 3.42. The fourth-order valence-electron chi connectivity index (χ4n) is 2.53. The highest BCUT2D eigenvalue weighted by atomic mass is 35.5. The number of rotatable bonds is 6. The summed E-state index contributed by atoms with van der Waals surface area (Å²) < 4.78 is 5.11. The van der Waals surface area contributed by atoms with Crippen LogP contribution in [0.5, 0.6) is 5.75 Å². The lowest BCUT2D eigenvalue weighted by molar-refractivity contribution is 0.102. The van der Waals surface area contributed by atoms with Crippen molar-refractivity contribution in [2.45, 2.75) is 6.54 Å². The van der Waals surface area contributed by atoms with Gasteiger partial charge in [-0.15, -0.1) is 0 Å². The number of halogens is 1. The van der Waals surface area contributed by atoms with Crippen molar-refractivity contribution in [3.63, 3.8) is 0 Å². The second kappa shape index (κ2) is 8.51. The molecule has 0 saturated heterocycles. The van der Waals surface area contributed by atoms with Gasteiger partial charge in [-0.2, -0.15) is 0 Å². The van der Waals surface area contributed by atoms with E-state index in [-0.39, 0.29) is 11.6 Å². The molecule has 0 aliphatic rings. The minimum absolute atomic E-state index is 0.270. The summed E-state index contributed by atoms with van der Waals surface area (Å²) in [5, 5.41) is 3.20. The molecule has 0 atom stereocenters. The standard InChI is InChI=1S/C20H19ClN4O2/c1-25(13-14-6-4-3-5-7-14)20-22-11-10-17(24-20)19(26)23-15-8-9-18(27-2)16(21)12-15/h3-12H,13H2,1-2H3,(H,23,26). The third-order valence-corrected chi connectivity index (χ3v) is 4.18. The van der Waals surface area contributed by atoms with E-state index in [4.69, 9.17) is 16.3 Å². The SMILES string of the molecule is COc1ccc(NC(=O)c2ccnc(N(C)Cc3ccccc3)n2)cc1Cl. The molecular formula is C20H19ClN4O2. The Kier molecular flexibility index (Phi) is 5.88. The van der Waals surface area contributed by atoms with Crippen LogP contribution in [0, 0.1) is 0 Å². The number of hydrogen-bond donors (Lipinski definition) is 1. The van der Waals surface area contributed by atoms with E-state index in [1.165, 1.54) is 7.11 Å². The highest BCUT2D eigenvalue weighted by molar-refractivity contribution is 6.32. The number of carbonyl (C=O) groups excluding carboxylic acids is 1. The number of ether oxygens (including phenoxy) is 1. The predicted octanol–water partition coefficient (Wildman–Crippen LogP) is 4.03. The van der Waals surface area contributed by atoms with Gasteiger partial charge in [0.05, 0.1) is 12.1 Å². The topological polar surface area (TPSA) is 67.3 Å². The fraction of sp³-hybridized carbons (Fsp3) is 0.150. The monoisotopic (exact) mass is 382 g/mol. The zero-order valence-electron chi connectivity index (χ0n) is 15.0. The average Bonchev–Trinajstić information content (AvgIpc) is 2.69. The van der Waals surface area contributed by atoms with Crippen LogP contribution in [0.25, 0.3) is 0 Å². The predicted molar refractivity (Wildman–Crippen MR) is 107 cm³/mol. The quantitative estimate of drug-likeness (QED) is 0.697. The molecule has 0 saturated carbocycles. The molecule has 1 amide bonds. The molecule has 1 N–H and O–H groups in total. The van der Waals surface area contributed by atoms with Crippen molar-refractivity contribution in [2.24, 2.45) is 0 Å². The van der Waals surface area contributed by atoms with Gasteiger partial charge in [-0.05, 0) is 29.8 Å². The highest BCUT2D eigenvalue weighted by Gasteiger charge is 2.13. The molecule has 0 radical (unpaired) electrons. The van der Waals surface area contributed by atoms with E-state index in [2.05, 4.69) is 15.3 Å². The van der Waals surface area contributed by atoms with Crippen molar-refractivity contribution in [3.8, 4) is 5.75 Å². The van der Waals surface area contributed by atoms with Crippen LogP contribution in [0.15, 0.2) is 60.8 Å². The van der Waals surface area contributed by atoms with E-state index in [1.54, 1.807) is 30.5 Å². The zero-order chi connectivity index (χ0) is 19.2. The second-order valence-corrected chi connectivity index (χ2v) is 6.29. The van der Waals surface area contributed by atoms with Crippen LogP contribution in [-0.4, -0.2) is 30.0 Å². The van der Waals surface area contributed by atoms with Gasteiger partial charge < -0.3 is 15.0 Å². The number of anilines is 2. The first-order valence-electron chi connectivity index (χ1n) is 8.30. The Bertz CT molecular complexity index is 934. The molecule has 7 heteroatoms. The number of carbonyl (C=O) groups is 1. The van der Waals surface area contributed by atoms with Gasteiger partial charge in [-0.1, -0.05) is 41.9 Å². The van der Waals surface area contributed by atoms with Gasteiger partial charge in [0.25, 0.3) is 5.91 Å². The summed E-state index contributed by atoms with van der Waals surface area (Å²) in [6.45, 7) is 0.639. The van der Waals surface area contributed by atoms with E-state index in [9.17, 15) is 4.79 Å². The van der Waals surface area contributed by atoms with Crippen LogP contribution in [-0.2, 0) is 6.54 Å². The maximum atomic E-state index is 12.5. The fourth-order valence-corrected chi connectivity index (χ4v) is 2.78. The number of aromatic nitrogens is 2. The first-order valence-corrected chi connectivity index (χ1v) is 8.67. The molecule has 0 bridgehead atoms. The van der Waals surface area contributed by atoms with Gasteiger partial charge in [0.15, 0.2) is 0 Å². The molecule has 1 aromatic heterocycles. The van der Waals surface area contributed by atoms with Gasteiger partial charge in [-0.3, -0.25) is 4.79 Å². The van der Waals surface area contributed by atoms with E-state index in [1.807, 2.05) is 42.3 Å². The van der Waals surface area contributed by atoms with Crippen molar-refractivity contribution < 1.29 is 9.53 Å². The summed E-state index contributed by atoms with van der Waals surface area (Å²) in [5.41, 5.74) is 1.96. The first kappa shape index (κ1) is 18.7. The molecule has 3 aromatic rings. The van der Waals surface area contributed by atoms with Crippen LogP contribution in [0.3, 0.4) is 0 Å². The Hall–Kier alpha value is -3.12. The lowest BCUT2D eigenvalue weighted by Gasteiger charge is -2.17. The van der Waals surface area contributed by atoms with E-state index >= 15 is 0 Å². The Morgan fingerprint density at radius 3 is 2.67 bits per heavy atom. The molecule has 0 aliphatic carbocycles. The molecule has 0 spiro atoms. The van der Waals surface area contributed by atoms with E-state index in [0.717, 1.165) is 5.56 Å². The first-order chi connectivity index (χ1) is 13.1. The Labute approximate surface area is 162 Å². The van der Waals surface area contributed by atoms with Crippen LogP contribution >= 0.6 is 11.6 Å². The van der Waals surface area contributed by atoms with Gasteiger partial charge in [0.1, 0.15) is 11.4 Å². The molecule has 0 unspecified atom stereocenters. The van der Waals surface area contributed by atoms with Crippen molar-refractivity contribution in [1.82, 2.24) is 9.97 Å². The molecule has 27 heavy (non-hydrogen) atoms. The van der Waals surface area contributed by atoms with Gasteiger partial charge >= 0.3 is 0 Å². The zero-order valence-corrected chi connectivity index (χ0v) is 15.8. The minimum atomic E-state index is -0.340. The number of amides is 1. The molecule has 1 heterocycles. The molecule has 2 aromatic carbocycles. The van der Waals surface area contributed by atoms with E-state index < -0.39 is 0 Å². The minimum Gasteiger partial charge on any atom is -0.495 e. The molecule has 6 nitrogen and oxygen atoms in total. The molecule has 0 fully saturated rings. The van der Waals surface area contributed by atoms with Gasteiger partial charge in [-0.25, -0.2) is 9.97 Å². The van der Waals surface area contributed by atoms with Crippen molar-refractivity contribution in [2.75, 3.05) is 24.4 Å². The molecule has 0 aliphatic heterocycles. The number of benzene rings is 2. The molecular weight excluding hydrogens is 364 g/mol. The highest BCUT2D eigenvalue weighted by Crippen LogP contribution is 2.27. The maximum Gasteiger partial charge on any atom is 0.274 e. The second-order valence-electron chi connectivity index (χ2n) is 5.89. The third kappa shape index (κ3) is 4.74. The van der Waals surface area contributed by atoms with Crippen LogP contribution in [0.4, 0.5) is 11.6 Å². The lowest BCUT2D eigenvalue weighted by Crippen LogP contribution is -2.21. The van der Waals surface area contributed by atoms with Crippen molar-refractivity contribution >= 4 is 29.1 Å². The summed E-state index contributed by atoms with van der Waals surface area (Å²) in [4.78, 5) is 23.0.